The number of nitrogens with zero attached hydrogens (tertiary/aromatic N) is 3. The van der Waals surface area contributed by atoms with E-state index in [9.17, 15) is 4.79 Å². The average Bonchev–Trinajstić information content (AvgIpc) is 3.41. The van der Waals surface area contributed by atoms with E-state index in [-0.39, 0.29) is 19.0 Å². The summed E-state index contributed by atoms with van der Waals surface area (Å²) in [6.45, 7) is 6.78. The van der Waals surface area contributed by atoms with Gasteiger partial charge < -0.3 is 33.7 Å². The largest absolute Gasteiger partial charge is 0.488 e. The van der Waals surface area contributed by atoms with Crippen LogP contribution in [0.3, 0.4) is 0 Å². The number of hydrogen-bond donors (Lipinski definition) is 1. The van der Waals surface area contributed by atoms with Gasteiger partial charge in [-0.25, -0.2) is 4.98 Å². The van der Waals surface area contributed by atoms with Crippen LogP contribution in [0.1, 0.15) is 30.3 Å². The van der Waals surface area contributed by atoms with Gasteiger partial charge in [-0.2, -0.15) is 0 Å². The minimum atomic E-state index is -0.240. The molecule has 5 aromatic rings. The highest BCUT2D eigenvalue weighted by Crippen LogP contribution is 2.30. The predicted molar refractivity (Wildman–Crippen MR) is 184 cm³/mol. The molecule has 0 atom stereocenters. The van der Waals surface area contributed by atoms with Crippen molar-refractivity contribution in [1.29, 1.82) is 0 Å². The number of nitrogens with one attached hydrogen (secondary N) is 1. The molecule has 0 amide bonds. The SMILES string of the molecule is CCOC(=O)CCc1ccc(OCc2nc3ccc(Oc4ccc(N5CCNCC5)cc4)cc3n2C)cc1OCc1ccc(Cl)cc1. The van der Waals surface area contributed by atoms with Crippen molar-refractivity contribution >= 4 is 34.3 Å². The Morgan fingerprint density at radius 2 is 1.62 bits per heavy atom. The monoisotopic (exact) mass is 654 g/mol. The number of anilines is 1. The Bertz CT molecular complexity index is 1800. The van der Waals surface area contributed by atoms with Crippen molar-refractivity contribution in [2.45, 2.75) is 33.0 Å². The summed E-state index contributed by atoms with van der Waals surface area (Å²) in [7, 11) is 1.97. The number of aryl methyl sites for hydroxylation is 2. The zero-order valence-corrected chi connectivity index (χ0v) is 27.5. The molecule has 9 nitrogen and oxygen atoms in total. The molecule has 1 fully saturated rings. The fourth-order valence-corrected chi connectivity index (χ4v) is 5.65. The highest BCUT2D eigenvalue weighted by molar-refractivity contribution is 6.30. The van der Waals surface area contributed by atoms with Gasteiger partial charge in [0.05, 0.1) is 17.6 Å². The Balaban J connectivity index is 1.13. The van der Waals surface area contributed by atoms with Crippen LogP contribution >= 0.6 is 11.6 Å². The minimum Gasteiger partial charge on any atom is -0.488 e. The van der Waals surface area contributed by atoms with Gasteiger partial charge in [0.1, 0.15) is 42.0 Å². The normalized spacial score (nSPS) is 13.0. The van der Waals surface area contributed by atoms with Crippen LogP contribution in [-0.4, -0.2) is 48.3 Å². The third kappa shape index (κ3) is 8.36. The summed E-state index contributed by atoms with van der Waals surface area (Å²) >= 11 is 6.04. The third-order valence-electron chi connectivity index (χ3n) is 8.12. The van der Waals surface area contributed by atoms with Gasteiger partial charge in [0.15, 0.2) is 0 Å². The van der Waals surface area contributed by atoms with Crippen LogP contribution in [-0.2, 0) is 36.2 Å². The average molecular weight is 655 g/mol. The molecule has 0 bridgehead atoms. The summed E-state index contributed by atoms with van der Waals surface area (Å²) in [5.41, 5.74) is 4.88. The Hall–Kier alpha value is -4.73. The van der Waals surface area contributed by atoms with Crippen LogP contribution in [0, 0.1) is 0 Å². The molecular weight excluding hydrogens is 616 g/mol. The lowest BCUT2D eigenvalue weighted by Crippen LogP contribution is -2.43. The molecule has 1 aliphatic rings. The number of benzene rings is 4. The zero-order chi connectivity index (χ0) is 32.6. The van der Waals surface area contributed by atoms with Crippen molar-refractivity contribution < 1.29 is 23.7 Å². The third-order valence-corrected chi connectivity index (χ3v) is 8.37. The molecule has 0 saturated carbocycles. The Morgan fingerprint density at radius 1 is 0.872 bits per heavy atom. The van der Waals surface area contributed by atoms with E-state index < -0.39 is 0 Å². The number of esters is 1. The molecular formula is C37H39ClN4O5. The summed E-state index contributed by atoms with van der Waals surface area (Å²) < 4.78 is 25.7. The highest BCUT2D eigenvalue weighted by Gasteiger charge is 2.14. The van der Waals surface area contributed by atoms with Gasteiger partial charge in [0, 0.05) is 62.5 Å². The van der Waals surface area contributed by atoms with Crippen molar-refractivity contribution in [3.05, 3.63) is 107 Å². The lowest BCUT2D eigenvalue weighted by atomic mass is 10.1. The van der Waals surface area contributed by atoms with Crippen LogP contribution in [0.5, 0.6) is 23.0 Å². The van der Waals surface area contributed by atoms with Crippen LogP contribution in [0.2, 0.25) is 5.02 Å². The maximum Gasteiger partial charge on any atom is 0.306 e. The van der Waals surface area contributed by atoms with Crippen molar-refractivity contribution in [2.24, 2.45) is 7.05 Å². The second-order valence-electron chi connectivity index (χ2n) is 11.3. The summed E-state index contributed by atoms with van der Waals surface area (Å²) in [5, 5.41) is 4.06. The minimum absolute atomic E-state index is 0.240. The highest BCUT2D eigenvalue weighted by atomic mass is 35.5. The second kappa shape index (κ2) is 15.2. The first-order valence-electron chi connectivity index (χ1n) is 15.9. The van der Waals surface area contributed by atoms with Gasteiger partial charge in [0.2, 0.25) is 0 Å². The first-order valence-corrected chi connectivity index (χ1v) is 16.3. The lowest BCUT2D eigenvalue weighted by molar-refractivity contribution is -0.143. The van der Waals surface area contributed by atoms with Crippen LogP contribution < -0.4 is 24.4 Å². The maximum atomic E-state index is 12.0. The molecule has 10 heteroatoms. The summed E-state index contributed by atoms with van der Waals surface area (Å²) in [6, 6.07) is 27.3. The number of aromatic nitrogens is 2. The van der Waals surface area contributed by atoms with Gasteiger partial charge in [-0.05, 0) is 79.1 Å². The topological polar surface area (TPSA) is 87.1 Å². The number of imidazole rings is 1. The molecule has 4 aromatic carbocycles. The summed E-state index contributed by atoms with van der Waals surface area (Å²) in [6.07, 6.45) is 0.753. The molecule has 0 aliphatic carbocycles. The molecule has 2 heterocycles. The van der Waals surface area contributed by atoms with Crippen molar-refractivity contribution in [2.75, 3.05) is 37.7 Å². The van der Waals surface area contributed by atoms with Crippen LogP contribution in [0.25, 0.3) is 11.0 Å². The maximum absolute atomic E-state index is 12.0. The van der Waals surface area contributed by atoms with E-state index in [1.54, 1.807) is 6.92 Å². The molecule has 0 spiro atoms. The van der Waals surface area contributed by atoms with Crippen molar-refractivity contribution in [1.82, 2.24) is 14.9 Å². The standard InChI is InChI=1S/C37H39ClN4O5/c1-3-44-37(43)17-7-27-6-12-31(23-35(27)46-24-26-4-8-28(38)9-5-26)45-25-36-40-33-16-15-32(22-34(33)41(36)2)47-30-13-10-29(11-14-30)42-20-18-39-19-21-42/h4-6,8-16,22-23,39H,3,7,17-21,24-25H2,1-2H3. The molecule has 1 aromatic heterocycles. The van der Waals surface area contributed by atoms with E-state index in [0.29, 0.717) is 36.2 Å². The van der Waals surface area contributed by atoms with Gasteiger partial charge >= 0.3 is 5.97 Å². The number of ether oxygens (including phenoxy) is 4. The fraction of sp³-hybridized carbons (Fsp3) is 0.297. The molecule has 1 aliphatic heterocycles. The Labute approximate surface area is 280 Å². The Morgan fingerprint density at radius 3 is 2.38 bits per heavy atom. The lowest BCUT2D eigenvalue weighted by Gasteiger charge is -2.29. The van der Waals surface area contributed by atoms with Crippen LogP contribution in [0.4, 0.5) is 5.69 Å². The second-order valence-corrected chi connectivity index (χ2v) is 11.8. The molecule has 0 unspecified atom stereocenters. The van der Waals surface area contributed by atoms with Gasteiger partial charge in [-0.15, -0.1) is 0 Å². The zero-order valence-electron chi connectivity index (χ0n) is 26.7. The number of carbonyl (C=O) groups is 1. The summed E-state index contributed by atoms with van der Waals surface area (Å²) in [5.74, 6) is 3.34. The van der Waals surface area contributed by atoms with E-state index in [4.69, 9.17) is 35.5 Å². The number of fused-ring (bicyclic) bond motifs is 1. The smallest absolute Gasteiger partial charge is 0.306 e. The predicted octanol–water partition coefficient (Wildman–Crippen LogP) is 7.08. The number of carbonyl (C=O) groups excluding carboxylic acids is 1. The van der Waals surface area contributed by atoms with Gasteiger partial charge in [-0.1, -0.05) is 29.8 Å². The van der Waals surface area contributed by atoms with E-state index in [1.807, 2.05) is 84.4 Å². The summed E-state index contributed by atoms with van der Waals surface area (Å²) in [4.78, 5) is 19.2. The quantitative estimate of drug-likeness (QED) is 0.135. The van der Waals surface area contributed by atoms with Crippen molar-refractivity contribution in [3.63, 3.8) is 0 Å². The number of rotatable bonds is 13. The van der Waals surface area contributed by atoms with E-state index in [1.165, 1.54) is 5.69 Å². The first kappa shape index (κ1) is 32.2. The van der Waals surface area contributed by atoms with E-state index >= 15 is 0 Å². The van der Waals surface area contributed by atoms with Gasteiger partial charge in [-0.3, -0.25) is 4.79 Å². The molecule has 1 saturated heterocycles. The molecule has 0 radical (unpaired) electrons. The fourth-order valence-electron chi connectivity index (χ4n) is 5.52. The molecule has 244 valence electrons. The first-order chi connectivity index (χ1) is 22.9. The number of piperazine rings is 1. The number of hydrogen-bond acceptors (Lipinski definition) is 8. The Kier molecular flexibility index (Phi) is 10.4. The van der Waals surface area contributed by atoms with Crippen molar-refractivity contribution in [3.8, 4) is 23.0 Å². The molecule has 47 heavy (non-hydrogen) atoms. The van der Waals surface area contributed by atoms with E-state index in [2.05, 4.69) is 22.3 Å². The number of halogens is 1. The molecule has 1 N–H and O–H groups in total. The molecule has 6 rings (SSSR count). The van der Waals surface area contributed by atoms with E-state index in [0.717, 1.165) is 65.7 Å². The van der Waals surface area contributed by atoms with Crippen LogP contribution in [0.15, 0.2) is 84.9 Å². The van der Waals surface area contributed by atoms with Gasteiger partial charge in [0.25, 0.3) is 0 Å².